The van der Waals surface area contributed by atoms with E-state index in [0.717, 1.165) is 27.0 Å². The standard InChI is InChI=1S/C13H16NO5PS2/c1-4-10-5-6-12-11(7-10)8-13(21-12)22(16,17)14-9-20(15,18-2)19-3/h4-8,14H,1,9H2,2-3H3. The molecule has 2 aromatic rings. The topological polar surface area (TPSA) is 81.7 Å². The van der Waals surface area contributed by atoms with Crippen LogP contribution >= 0.6 is 18.9 Å². The molecule has 0 spiro atoms. The molecule has 0 fully saturated rings. The molecular weight excluding hydrogens is 345 g/mol. The van der Waals surface area contributed by atoms with Gasteiger partial charge in [-0.25, -0.2) is 8.42 Å². The minimum Gasteiger partial charge on any atom is -0.311 e. The molecule has 1 heterocycles. The summed E-state index contributed by atoms with van der Waals surface area (Å²) in [5.74, 6) is 0. The number of nitrogens with one attached hydrogen (secondary N) is 1. The van der Waals surface area contributed by atoms with Crippen molar-refractivity contribution in [1.82, 2.24) is 4.72 Å². The predicted molar refractivity (Wildman–Crippen MR) is 88.7 cm³/mol. The van der Waals surface area contributed by atoms with Crippen molar-refractivity contribution in [3.8, 4) is 0 Å². The van der Waals surface area contributed by atoms with Gasteiger partial charge in [0.15, 0.2) is 0 Å². The van der Waals surface area contributed by atoms with Gasteiger partial charge < -0.3 is 9.05 Å². The van der Waals surface area contributed by atoms with Crippen molar-refractivity contribution in [2.24, 2.45) is 0 Å². The highest BCUT2D eigenvalue weighted by molar-refractivity contribution is 7.92. The van der Waals surface area contributed by atoms with Crippen LogP contribution in [0.2, 0.25) is 0 Å². The monoisotopic (exact) mass is 361 g/mol. The maximum absolute atomic E-state index is 12.3. The molecule has 1 aromatic heterocycles. The summed E-state index contributed by atoms with van der Waals surface area (Å²) in [4.78, 5) is 0. The lowest BCUT2D eigenvalue weighted by atomic mass is 10.2. The molecule has 0 atom stereocenters. The Morgan fingerprint density at radius 2 is 2.00 bits per heavy atom. The summed E-state index contributed by atoms with van der Waals surface area (Å²) in [5.41, 5.74) is 0.908. The second-order valence-corrected chi connectivity index (χ2v) is 9.69. The van der Waals surface area contributed by atoms with Crippen LogP contribution in [0.25, 0.3) is 16.2 Å². The van der Waals surface area contributed by atoms with Gasteiger partial charge in [-0.2, -0.15) is 4.72 Å². The summed E-state index contributed by atoms with van der Waals surface area (Å²) < 4.78 is 49.1. The number of benzene rings is 1. The first-order valence-corrected chi connectivity index (χ1v) is 10.2. The van der Waals surface area contributed by atoms with Crippen LogP contribution in [0.5, 0.6) is 0 Å². The van der Waals surface area contributed by atoms with Crippen molar-refractivity contribution in [1.29, 1.82) is 0 Å². The van der Waals surface area contributed by atoms with E-state index in [2.05, 4.69) is 11.3 Å². The molecule has 0 radical (unpaired) electrons. The molecule has 9 heteroatoms. The first-order valence-electron chi connectivity index (χ1n) is 6.20. The average Bonchev–Trinajstić information content (AvgIpc) is 2.96. The second-order valence-electron chi connectivity index (χ2n) is 4.35. The molecule has 120 valence electrons. The van der Waals surface area contributed by atoms with E-state index in [9.17, 15) is 13.0 Å². The summed E-state index contributed by atoms with van der Waals surface area (Å²) in [6, 6.07) is 7.12. The first kappa shape index (κ1) is 17.3. The van der Waals surface area contributed by atoms with Crippen molar-refractivity contribution >= 4 is 45.1 Å². The van der Waals surface area contributed by atoms with E-state index in [0.29, 0.717) is 0 Å². The molecule has 2 rings (SSSR count). The fourth-order valence-electron chi connectivity index (χ4n) is 1.74. The van der Waals surface area contributed by atoms with Gasteiger partial charge in [-0.3, -0.25) is 4.57 Å². The maximum Gasteiger partial charge on any atom is 0.344 e. The molecule has 22 heavy (non-hydrogen) atoms. The number of hydrogen-bond acceptors (Lipinski definition) is 6. The zero-order chi connectivity index (χ0) is 16.4. The SMILES string of the molecule is C=Cc1ccc2sc(S(=O)(=O)NCP(=O)(OC)OC)cc2c1. The summed E-state index contributed by atoms with van der Waals surface area (Å²) in [7, 11) is -4.82. The van der Waals surface area contributed by atoms with Crippen molar-refractivity contribution in [3.63, 3.8) is 0 Å². The lowest BCUT2D eigenvalue weighted by Gasteiger charge is -2.13. The summed E-state index contributed by atoms with van der Waals surface area (Å²) in [6.45, 7) is 3.68. The maximum atomic E-state index is 12.3. The molecule has 0 aliphatic rings. The Hall–Kier alpha value is -1.02. The third-order valence-electron chi connectivity index (χ3n) is 3.02. The molecule has 0 saturated carbocycles. The van der Waals surface area contributed by atoms with Gasteiger partial charge in [-0.05, 0) is 29.1 Å². The largest absolute Gasteiger partial charge is 0.344 e. The Bertz CT molecular complexity index is 835. The normalized spacial score (nSPS) is 12.6. The van der Waals surface area contributed by atoms with Gasteiger partial charge in [0, 0.05) is 18.9 Å². The molecule has 0 bridgehead atoms. The smallest absolute Gasteiger partial charge is 0.311 e. The highest BCUT2D eigenvalue weighted by Gasteiger charge is 2.26. The van der Waals surface area contributed by atoms with Crippen LogP contribution in [-0.2, 0) is 23.6 Å². The minimum absolute atomic E-state index is 0.141. The Balaban J connectivity index is 2.29. The number of sulfonamides is 1. The van der Waals surface area contributed by atoms with Crippen LogP contribution in [0.3, 0.4) is 0 Å². The summed E-state index contributed by atoms with van der Waals surface area (Å²) in [6.07, 6.45) is 1.27. The third-order valence-corrected chi connectivity index (χ3v) is 7.89. The molecule has 0 unspecified atom stereocenters. The molecule has 0 aliphatic heterocycles. The van der Waals surface area contributed by atoms with Crippen molar-refractivity contribution in [3.05, 3.63) is 36.4 Å². The van der Waals surface area contributed by atoms with Crippen molar-refractivity contribution in [2.45, 2.75) is 4.21 Å². The van der Waals surface area contributed by atoms with Gasteiger partial charge in [-0.15, -0.1) is 11.3 Å². The van der Waals surface area contributed by atoms with Gasteiger partial charge in [-0.1, -0.05) is 18.7 Å². The third kappa shape index (κ3) is 3.65. The lowest BCUT2D eigenvalue weighted by molar-refractivity contribution is 0.275. The number of hydrogen-bond donors (Lipinski definition) is 1. The highest BCUT2D eigenvalue weighted by atomic mass is 32.2. The zero-order valence-electron chi connectivity index (χ0n) is 12.1. The Morgan fingerprint density at radius 3 is 2.59 bits per heavy atom. The Labute approximate surface area is 133 Å². The van der Waals surface area contributed by atoms with Crippen LogP contribution in [-0.4, -0.2) is 28.9 Å². The Kier molecular flexibility index (Phi) is 5.21. The summed E-state index contributed by atoms with van der Waals surface area (Å²) in [5, 5.41) is 0.810. The molecule has 0 aliphatic carbocycles. The van der Waals surface area contributed by atoms with Crippen molar-refractivity contribution < 1.29 is 22.0 Å². The van der Waals surface area contributed by atoms with E-state index in [1.54, 1.807) is 12.1 Å². The van der Waals surface area contributed by atoms with E-state index in [4.69, 9.17) is 9.05 Å². The second kappa shape index (κ2) is 6.62. The van der Waals surface area contributed by atoms with Crippen LogP contribution in [0, 0.1) is 0 Å². The number of rotatable bonds is 7. The zero-order valence-corrected chi connectivity index (χ0v) is 14.6. The van der Waals surface area contributed by atoms with E-state index >= 15 is 0 Å². The molecule has 6 nitrogen and oxygen atoms in total. The first-order chi connectivity index (χ1) is 10.3. The number of fused-ring (bicyclic) bond motifs is 1. The lowest BCUT2D eigenvalue weighted by Crippen LogP contribution is -2.24. The molecule has 1 N–H and O–H groups in total. The van der Waals surface area contributed by atoms with Gasteiger partial charge in [0.2, 0.25) is 0 Å². The van der Waals surface area contributed by atoms with Gasteiger partial charge >= 0.3 is 7.60 Å². The molecule has 1 aromatic carbocycles. The van der Waals surface area contributed by atoms with E-state index in [-0.39, 0.29) is 4.21 Å². The Morgan fingerprint density at radius 1 is 1.32 bits per heavy atom. The minimum atomic E-state index is -3.78. The fourth-order valence-corrected chi connectivity index (χ4v) is 5.54. The fraction of sp³-hybridized carbons (Fsp3) is 0.231. The summed E-state index contributed by atoms with van der Waals surface area (Å²) >= 11 is 1.13. The molecular formula is C13H16NO5PS2. The van der Waals surface area contributed by atoms with Crippen LogP contribution < -0.4 is 4.72 Å². The van der Waals surface area contributed by atoms with E-state index < -0.39 is 23.9 Å². The van der Waals surface area contributed by atoms with E-state index in [1.165, 1.54) is 14.2 Å². The van der Waals surface area contributed by atoms with Gasteiger partial charge in [0.25, 0.3) is 10.0 Å². The van der Waals surface area contributed by atoms with E-state index in [1.807, 2.05) is 18.2 Å². The van der Waals surface area contributed by atoms with Crippen molar-refractivity contribution in [2.75, 3.05) is 20.5 Å². The quantitative estimate of drug-likeness (QED) is 0.766. The van der Waals surface area contributed by atoms with Gasteiger partial charge in [0.1, 0.15) is 10.5 Å². The highest BCUT2D eigenvalue weighted by Crippen LogP contribution is 2.45. The van der Waals surface area contributed by atoms with Crippen LogP contribution in [0.4, 0.5) is 0 Å². The van der Waals surface area contributed by atoms with Crippen LogP contribution in [0.1, 0.15) is 5.56 Å². The number of thiophene rings is 1. The molecule has 0 saturated heterocycles. The average molecular weight is 361 g/mol. The van der Waals surface area contributed by atoms with Crippen LogP contribution in [0.15, 0.2) is 35.1 Å². The predicted octanol–water partition coefficient (Wildman–Crippen LogP) is 3.27. The van der Waals surface area contributed by atoms with Gasteiger partial charge in [0.05, 0.1) is 0 Å². The molecule has 0 amide bonds.